The van der Waals surface area contributed by atoms with Crippen molar-refractivity contribution in [3.63, 3.8) is 0 Å². The minimum atomic E-state index is -0.391. The molecule has 0 aliphatic carbocycles. The van der Waals surface area contributed by atoms with Gasteiger partial charge in [0.25, 0.3) is 5.91 Å². The first-order valence-corrected chi connectivity index (χ1v) is 8.58. The van der Waals surface area contributed by atoms with Crippen LogP contribution in [0.2, 0.25) is 5.02 Å². The van der Waals surface area contributed by atoms with Crippen LogP contribution in [0.15, 0.2) is 54.6 Å². The van der Waals surface area contributed by atoms with E-state index in [9.17, 15) is 9.59 Å². The summed E-state index contributed by atoms with van der Waals surface area (Å²) >= 11 is 6.12. The van der Waals surface area contributed by atoms with Crippen molar-refractivity contribution in [3.8, 4) is 5.75 Å². The monoisotopic (exact) mass is 358 g/mol. The Labute approximate surface area is 151 Å². The number of hydrogen-bond donors (Lipinski definition) is 0. The van der Waals surface area contributed by atoms with Gasteiger partial charge in [-0.3, -0.25) is 4.79 Å². The van der Waals surface area contributed by atoms with Crippen molar-refractivity contribution >= 4 is 23.6 Å². The van der Waals surface area contributed by atoms with Crippen LogP contribution in [-0.4, -0.2) is 48.0 Å². The first-order chi connectivity index (χ1) is 12.1. The molecule has 0 unspecified atom stereocenters. The van der Waals surface area contributed by atoms with E-state index in [1.165, 1.54) is 0 Å². The van der Waals surface area contributed by atoms with E-state index in [1.807, 2.05) is 18.2 Å². The molecule has 1 aliphatic rings. The molecule has 2 aromatic carbocycles. The zero-order valence-corrected chi connectivity index (χ0v) is 14.5. The summed E-state index contributed by atoms with van der Waals surface area (Å²) in [6.45, 7) is 2.02. The van der Waals surface area contributed by atoms with Crippen LogP contribution in [0.4, 0.5) is 4.79 Å². The summed E-state index contributed by atoms with van der Waals surface area (Å²) < 4.78 is 5.37. The zero-order chi connectivity index (χ0) is 17.6. The Bertz CT molecular complexity index is 751. The topological polar surface area (TPSA) is 49.9 Å². The third-order valence-electron chi connectivity index (χ3n) is 4.09. The largest absolute Gasteiger partial charge is 0.415 e. The fraction of sp³-hybridized carbons (Fsp3) is 0.263. The van der Waals surface area contributed by atoms with E-state index in [0.717, 1.165) is 0 Å². The molecule has 3 rings (SSSR count). The molecule has 0 radical (unpaired) electrons. The second-order valence-corrected chi connectivity index (χ2v) is 6.20. The molecule has 0 N–H and O–H groups in total. The van der Waals surface area contributed by atoms with E-state index in [-0.39, 0.29) is 5.91 Å². The first kappa shape index (κ1) is 17.3. The fourth-order valence-corrected chi connectivity index (χ4v) is 2.98. The lowest BCUT2D eigenvalue weighted by atomic mass is 10.2. The Morgan fingerprint density at radius 1 is 0.840 bits per heavy atom. The summed E-state index contributed by atoms with van der Waals surface area (Å²) in [7, 11) is 0. The predicted molar refractivity (Wildman–Crippen MR) is 96.0 cm³/mol. The Morgan fingerprint density at radius 3 is 2.24 bits per heavy atom. The number of benzene rings is 2. The van der Waals surface area contributed by atoms with Gasteiger partial charge in [-0.2, -0.15) is 0 Å². The molecule has 0 aromatic heterocycles. The van der Waals surface area contributed by atoms with Crippen molar-refractivity contribution in [1.82, 2.24) is 9.80 Å². The molecule has 0 saturated carbocycles. The minimum Gasteiger partial charge on any atom is -0.410 e. The lowest BCUT2D eigenvalue weighted by Crippen LogP contribution is -2.38. The van der Waals surface area contributed by atoms with Crippen LogP contribution < -0.4 is 4.74 Å². The molecule has 2 aromatic rings. The molecule has 1 aliphatic heterocycles. The van der Waals surface area contributed by atoms with E-state index in [4.69, 9.17) is 16.3 Å². The quantitative estimate of drug-likeness (QED) is 0.822. The number of para-hydroxylation sites is 1. The summed E-state index contributed by atoms with van der Waals surface area (Å²) in [6, 6.07) is 16.0. The Kier molecular flexibility index (Phi) is 5.56. The molecule has 1 heterocycles. The van der Waals surface area contributed by atoms with Gasteiger partial charge in [-0.05, 0) is 30.7 Å². The highest BCUT2D eigenvalue weighted by Gasteiger charge is 2.24. The molecular formula is C19H19ClN2O3. The third-order valence-corrected chi connectivity index (χ3v) is 4.42. The normalized spacial score (nSPS) is 14.8. The van der Waals surface area contributed by atoms with Gasteiger partial charge in [-0.25, -0.2) is 4.79 Å². The number of nitrogens with zero attached hydrogens (tertiary/aromatic N) is 2. The number of rotatable bonds is 2. The van der Waals surface area contributed by atoms with Crippen molar-refractivity contribution in [2.24, 2.45) is 0 Å². The number of hydrogen-bond acceptors (Lipinski definition) is 3. The molecule has 0 bridgehead atoms. The van der Waals surface area contributed by atoms with E-state index in [1.54, 1.807) is 46.2 Å². The van der Waals surface area contributed by atoms with Crippen LogP contribution in [0.3, 0.4) is 0 Å². The van der Waals surface area contributed by atoms with Crippen LogP contribution >= 0.6 is 11.6 Å². The molecule has 6 heteroatoms. The van der Waals surface area contributed by atoms with Crippen LogP contribution in [0.25, 0.3) is 0 Å². The fourth-order valence-electron chi connectivity index (χ4n) is 2.76. The molecule has 0 spiro atoms. The van der Waals surface area contributed by atoms with Gasteiger partial charge in [0.05, 0.1) is 10.6 Å². The maximum absolute atomic E-state index is 12.6. The Morgan fingerprint density at radius 2 is 1.48 bits per heavy atom. The zero-order valence-electron chi connectivity index (χ0n) is 13.7. The van der Waals surface area contributed by atoms with Gasteiger partial charge in [0, 0.05) is 26.2 Å². The lowest BCUT2D eigenvalue weighted by Gasteiger charge is -2.22. The van der Waals surface area contributed by atoms with Gasteiger partial charge < -0.3 is 14.5 Å². The van der Waals surface area contributed by atoms with Crippen LogP contribution in [0.5, 0.6) is 5.75 Å². The van der Waals surface area contributed by atoms with Gasteiger partial charge in [0.1, 0.15) is 5.75 Å². The van der Waals surface area contributed by atoms with E-state index in [0.29, 0.717) is 48.9 Å². The average molecular weight is 359 g/mol. The van der Waals surface area contributed by atoms with Crippen LogP contribution in [-0.2, 0) is 0 Å². The maximum atomic E-state index is 12.6. The summed E-state index contributed by atoms with van der Waals surface area (Å²) in [5, 5.41) is 0.442. The molecule has 1 saturated heterocycles. The summed E-state index contributed by atoms with van der Waals surface area (Å²) in [6.07, 6.45) is 0.304. The number of halogens is 1. The SMILES string of the molecule is O=C(Oc1ccccc1)N1CCCN(C(=O)c2ccccc2Cl)CC1. The maximum Gasteiger partial charge on any atom is 0.415 e. The molecule has 2 amide bonds. The second kappa shape index (κ2) is 8.03. The number of carbonyl (C=O) groups is 2. The molecule has 1 fully saturated rings. The van der Waals surface area contributed by atoms with Gasteiger partial charge in [-0.15, -0.1) is 0 Å². The number of ether oxygens (including phenoxy) is 1. The van der Waals surface area contributed by atoms with Gasteiger partial charge in [-0.1, -0.05) is 41.9 Å². The molecule has 0 atom stereocenters. The van der Waals surface area contributed by atoms with Crippen molar-refractivity contribution in [1.29, 1.82) is 0 Å². The third kappa shape index (κ3) is 4.31. The van der Waals surface area contributed by atoms with E-state index >= 15 is 0 Å². The van der Waals surface area contributed by atoms with E-state index in [2.05, 4.69) is 0 Å². The summed E-state index contributed by atoms with van der Waals surface area (Å²) in [5.41, 5.74) is 0.490. The molecule has 5 nitrogen and oxygen atoms in total. The van der Waals surface area contributed by atoms with E-state index < -0.39 is 6.09 Å². The van der Waals surface area contributed by atoms with Crippen molar-refractivity contribution in [2.75, 3.05) is 26.2 Å². The van der Waals surface area contributed by atoms with Gasteiger partial charge in [0.2, 0.25) is 0 Å². The van der Waals surface area contributed by atoms with Crippen molar-refractivity contribution < 1.29 is 14.3 Å². The van der Waals surface area contributed by atoms with Gasteiger partial charge in [0.15, 0.2) is 0 Å². The van der Waals surface area contributed by atoms with Gasteiger partial charge >= 0.3 is 6.09 Å². The predicted octanol–water partition coefficient (Wildman–Crippen LogP) is 3.69. The minimum absolute atomic E-state index is 0.108. The average Bonchev–Trinajstić information content (AvgIpc) is 2.89. The Balaban J connectivity index is 1.61. The molecular weight excluding hydrogens is 340 g/mol. The highest BCUT2D eigenvalue weighted by atomic mass is 35.5. The second-order valence-electron chi connectivity index (χ2n) is 5.79. The van der Waals surface area contributed by atoms with Crippen LogP contribution in [0, 0.1) is 0 Å². The number of carbonyl (C=O) groups excluding carboxylic acids is 2. The van der Waals surface area contributed by atoms with Crippen molar-refractivity contribution in [3.05, 3.63) is 65.2 Å². The first-order valence-electron chi connectivity index (χ1n) is 8.21. The Hall–Kier alpha value is -2.53. The highest BCUT2D eigenvalue weighted by Crippen LogP contribution is 2.18. The smallest absolute Gasteiger partial charge is 0.410 e. The number of amides is 2. The molecule has 130 valence electrons. The highest BCUT2D eigenvalue weighted by molar-refractivity contribution is 6.33. The summed E-state index contributed by atoms with van der Waals surface area (Å²) in [4.78, 5) is 28.3. The van der Waals surface area contributed by atoms with Crippen LogP contribution in [0.1, 0.15) is 16.8 Å². The lowest BCUT2D eigenvalue weighted by molar-refractivity contribution is 0.0760. The van der Waals surface area contributed by atoms with Crippen molar-refractivity contribution in [2.45, 2.75) is 6.42 Å². The standard InChI is InChI=1S/C19H19ClN2O3/c20-17-10-5-4-9-16(17)18(23)21-11-6-12-22(14-13-21)19(24)25-15-7-2-1-3-8-15/h1-5,7-10H,6,11-14H2. The molecule has 25 heavy (non-hydrogen) atoms. The summed E-state index contributed by atoms with van der Waals surface area (Å²) in [5.74, 6) is 0.407.